The first-order valence-electron chi connectivity index (χ1n) is 6.72. The molecule has 0 aliphatic heterocycles. The molecule has 0 atom stereocenters. The molecule has 8 nitrogen and oxygen atoms in total. The molecule has 0 unspecified atom stereocenters. The number of hydrogen-bond acceptors (Lipinski definition) is 6. The number of carbonyl (C=O) groups excluding carboxylic acids is 1. The summed E-state index contributed by atoms with van der Waals surface area (Å²) in [7, 11) is 1.56. The molecule has 2 heterocycles. The van der Waals surface area contributed by atoms with Crippen LogP contribution < -0.4 is 10.1 Å². The lowest BCUT2D eigenvalue weighted by atomic mass is 10.3. The van der Waals surface area contributed by atoms with E-state index in [4.69, 9.17) is 4.74 Å². The lowest BCUT2D eigenvalue weighted by molar-refractivity contribution is 0.101. The van der Waals surface area contributed by atoms with Crippen molar-refractivity contribution in [3.8, 4) is 5.75 Å². The zero-order valence-corrected chi connectivity index (χ0v) is 12.1. The monoisotopic (exact) mass is 298 g/mol. The number of nitrogens with one attached hydrogen (secondary N) is 1. The minimum Gasteiger partial charge on any atom is -0.497 e. The molecule has 0 fully saturated rings. The molecule has 0 spiro atoms. The average Bonchev–Trinajstić information content (AvgIpc) is 3.01. The molecule has 2 aromatic heterocycles. The number of rotatable bonds is 4. The Balaban J connectivity index is 1.86. The summed E-state index contributed by atoms with van der Waals surface area (Å²) in [5, 5.41) is 14.6. The maximum Gasteiger partial charge on any atom is 0.295 e. The number of methoxy groups -OCH3 is 1. The lowest BCUT2D eigenvalue weighted by Gasteiger charge is -2.03. The Labute approximate surface area is 126 Å². The second kappa shape index (κ2) is 5.76. The zero-order valence-electron chi connectivity index (χ0n) is 12.1. The molecule has 0 saturated heterocycles. The van der Waals surface area contributed by atoms with E-state index in [1.54, 1.807) is 42.4 Å². The van der Waals surface area contributed by atoms with Gasteiger partial charge in [-0.2, -0.15) is 5.10 Å². The number of fused-ring (bicyclic) bond motifs is 1. The predicted octanol–water partition coefficient (Wildman–Crippen LogP) is 1.50. The standard InChI is InChI=1S/C14H14N6O2/c1-3-20-8-9(7-15-20)16-14(21)13-17-12-6-10(22-2)4-5-11(12)18-19-13/h4-8H,3H2,1-2H3,(H,16,21). The van der Waals surface area contributed by atoms with Gasteiger partial charge in [-0.3, -0.25) is 9.48 Å². The Kier molecular flexibility index (Phi) is 3.65. The van der Waals surface area contributed by atoms with Gasteiger partial charge in [-0.1, -0.05) is 0 Å². The summed E-state index contributed by atoms with van der Waals surface area (Å²) in [6, 6.07) is 5.20. The largest absolute Gasteiger partial charge is 0.497 e. The first-order valence-corrected chi connectivity index (χ1v) is 6.72. The molecule has 3 rings (SSSR count). The van der Waals surface area contributed by atoms with Gasteiger partial charge in [0.1, 0.15) is 11.3 Å². The predicted molar refractivity (Wildman–Crippen MR) is 79.7 cm³/mol. The molecule has 8 heteroatoms. The van der Waals surface area contributed by atoms with Crippen LogP contribution in [0.2, 0.25) is 0 Å². The Bertz CT molecular complexity index is 829. The van der Waals surface area contributed by atoms with E-state index in [0.717, 1.165) is 6.54 Å². The van der Waals surface area contributed by atoms with Crippen LogP contribution in [0.15, 0.2) is 30.6 Å². The molecule has 22 heavy (non-hydrogen) atoms. The highest BCUT2D eigenvalue weighted by atomic mass is 16.5. The Morgan fingerprint density at radius 2 is 2.18 bits per heavy atom. The summed E-state index contributed by atoms with van der Waals surface area (Å²) in [6.07, 6.45) is 3.30. The van der Waals surface area contributed by atoms with Gasteiger partial charge >= 0.3 is 0 Å². The maximum atomic E-state index is 12.2. The first-order chi connectivity index (χ1) is 10.7. The van der Waals surface area contributed by atoms with Gasteiger partial charge < -0.3 is 10.1 Å². The van der Waals surface area contributed by atoms with Crippen LogP contribution in [0.1, 0.15) is 17.5 Å². The van der Waals surface area contributed by atoms with Crippen molar-refractivity contribution in [2.45, 2.75) is 13.5 Å². The zero-order chi connectivity index (χ0) is 15.5. The van der Waals surface area contributed by atoms with E-state index in [1.165, 1.54) is 0 Å². The van der Waals surface area contributed by atoms with Crippen LogP contribution in [0, 0.1) is 0 Å². The average molecular weight is 298 g/mol. The maximum absolute atomic E-state index is 12.2. The minimum absolute atomic E-state index is 0.00926. The first kappa shape index (κ1) is 13.9. The topological polar surface area (TPSA) is 94.8 Å². The summed E-state index contributed by atoms with van der Waals surface area (Å²) in [4.78, 5) is 16.4. The van der Waals surface area contributed by atoms with Gasteiger partial charge in [0.25, 0.3) is 5.91 Å². The van der Waals surface area contributed by atoms with Gasteiger partial charge in [-0.05, 0) is 19.1 Å². The molecule has 1 N–H and O–H groups in total. The van der Waals surface area contributed by atoms with Crippen molar-refractivity contribution in [3.63, 3.8) is 0 Å². The van der Waals surface area contributed by atoms with Crippen LogP contribution in [0.3, 0.4) is 0 Å². The van der Waals surface area contributed by atoms with Crippen LogP contribution >= 0.6 is 0 Å². The molecule has 0 aliphatic carbocycles. The summed E-state index contributed by atoms with van der Waals surface area (Å²) < 4.78 is 6.84. The van der Waals surface area contributed by atoms with Crippen molar-refractivity contribution < 1.29 is 9.53 Å². The van der Waals surface area contributed by atoms with Crippen LogP contribution in [0.5, 0.6) is 5.75 Å². The normalized spacial score (nSPS) is 10.6. The fourth-order valence-electron chi connectivity index (χ4n) is 1.93. The van der Waals surface area contributed by atoms with E-state index in [9.17, 15) is 4.79 Å². The molecule has 1 aromatic carbocycles. The molecule has 112 valence electrons. The number of benzene rings is 1. The number of nitrogens with zero attached hydrogens (tertiary/aromatic N) is 5. The fourth-order valence-corrected chi connectivity index (χ4v) is 1.93. The third-order valence-corrected chi connectivity index (χ3v) is 3.08. The van der Waals surface area contributed by atoms with E-state index in [2.05, 4.69) is 25.6 Å². The highest BCUT2D eigenvalue weighted by Crippen LogP contribution is 2.17. The highest BCUT2D eigenvalue weighted by molar-refractivity contribution is 6.02. The molecule has 0 aliphatic rings. The SMILES string of the molecule is CCn1cc(NC(=O)c2nnc3ccc(OC)cc3n2)cn1. The van der Waals surface area contributed by atoms with Crippen molar-refractivity contribution >= 4 is 22.6 Å². The minimum atomic E-state index is -0.437. The molecule has 0 saturated carbocycles. The number of amides is 1. The summed E-state index contributed by atoms with van der Waals surface area (Å²) >= 11 is 0. The van der Waals surface area contributed by atoms with E-state index in [0.29, 0.717) is 22.5 Å². The quantitative estimate of drug-likeness (QED) is 0.784. The number of ether oxygens (including phenoxy) is 1. The molecule has 1 amide bonds. The van der Waals surface area contributed by atoms with Crippen molar-refractivity contribution in [1.82, 2.24) is 25.0 Å². The lowest BCUT2D eigenvalue weighted by Crippen LogP contribution is -2.16. The summed E-state index contributed by atoms with van der Waals surface area (Å²) in [6.45, 7) is 2.69. The third-order valence-electron chi connectivity index (χ3n) is 3.08. The Morgan fingerprint density at radius 3 is 2.91 bits per heavy atom. The fraction of sp³-hybridized carbons (Fsp3) is 0.214. The van der Waals surface area contributed by atoms with Gasteiger partial charge in [-0.25, -0.2) is 4.98 Å². The Hall–Kier alpha value is -3.03. The number of carbonyl (C=O) groups is 1. The van der Waals surface area contributed by atoms with Crippen LogP contribution in [0.4, 0.5) is 5.69 Å². The smallest absolute Gasteiger partial charge is 0.295 e. The van der Waals surface area contributed by atoms with Crippen LogP contribution in [-0.4, -0.2) is 38.0 Å². The van der Waals surface area contributed by atoms with Gasteiger partial charge in [0.15, 0.2) is 0 Å². The number of aryl methyl sites for hydroxylation is 1. The van der Waals surface area contributed by atoms with Crippen LogP contribution in [0.25, 0.3) is 11.0 Å². The second-order valence-corrected chi connectivity index (χ2v) is 4.53. The van der Waals surface area contributed by atoms with Crippen molar-refractivity contribution in [1.29, 1.82) is 0 Å². The second-order valence-electron chi connectivity index (χ2n) is 4.53. The van der Waals surface area contributed by atoms with E-state index in [1.807, 2.05) is 6.92 Å². The molecular formula is C14H14N6O2. The molecule has 0 radical (unpaired) electrons. The van der Waals surface area contributed by atoms with Crippen molar-refractivity contribution in [3.05, 3.63) is 36.4 Å². The summed E-state index contributed by atoms with van der Waals surface area (Å²) in [5.74, 6) is 0.196. The molecule has 3 aromatic rings. The molecule has 0 bridgehead atoms. The Morgan fingerprint density at radius 1 is 1.32 bits per heavy atom. The van der Waals surface area contributed by atoms with E-state index in [-0.39, 0.29) is 5.82 Å². The van der Waals surface area contributed by atoms with E-state index >= 15 is 0 Å². The number of hydrogen-bond donors (Lipinski definition) is 1. The van der Waals surface area contributed by atoms with Gasteiger partial charge in [-0.15, -0.1) is 10.2 Å². The number of anilines is 1. The van der Waals surface area contributed by atoms with Crippen molar-refractivity contribution in [2.75, 3.05) is 12.4 Å². The highest BCUT2D eigenvalue weighted by Gasteiger charge is 2.13. The van der Waals surface area contributed by atoms with Gasteiger partial charge in [0.05, 0.1) is 24.5 Å². The van der Waals surface area contributed by atoms with Crippen molar-refractivity contribution in [2.24, 2.45) is 0 Å². The number of aromatic nitrogens is 5. The summed E-state index contributed by atoms with van der Waals surface area (Å²) in [5.41, 5.74) is 1.72. The third kappa shape index (κ3) is 2.71. The van der Waals surface area contributed by atoms with Gasteiger partial charge in [0, 0.05) is 18.8 Å². The van der Waals surface area contributed by atoms with Crippen LogP contribution in [-0.2, 0) is 6.54 Å². The van der Waals surface area contributed by atoms with E-state index < -0.39 is 5.91 Å². The molecular weight excluding hydrogens is 284 g/mol. The van der Waals surface area contributed by atoms with Gasteiger partial charge in [0.2, 0.25) is 5.82 Å².